The van der Waals surface area contributed by atoms with Crippen LogP contribution in [-0.4, -0.2) is 13.9 Å². The number of aryl methyl sites for hydroxylation is 1. The van der Waals surface area contributed by atoms with Crippen LogP contribution in [0.5, 0.6) is 5.75 Å². The molecule has 0 amide bonds. The molecular weight excluding hydrogens is 152 g/mol. The second-order valence-corrected chi connectivity index (χ2v) is 2.45. The number of ether oxygens (including phenoxy) is 2. The first-order valence-corrected chi connectivity index (χ1v) is 3.99. The Morgan fingerprint density at radius 2 is 2.33 bits per heavy atom. The summed E-state index contributed by atoms with van der Waals surface area (Å²) in [5.41, 5.74) is 1.16. The van der Waals surface area contributed by atoms with Gasteiger partial charge < -0.3 is 9.47 Å². The number of hydrogen-bond donors (Lipinski definition) is 0. The van der Waals surface area contributed by atoms with Crippen LogP contribution in [0.2, 0.25) is 0 Å². The van der Waals surface area contributed by atoms with E-state index in [4.69, 9.17) is 9.47 Å². The van der Waals surface area contributed by atoms with Crippen LogP contribution in [0.3, 0.4) is 0 Å². The van der Waals surface area contributed by atoms with Gasteiger partial charge in [-0.1, -0.05) is 13.0 Å². The van der Waals surface area contributed by atoms with E-state index in [0.29, 0.717) is 6.79 Å². The standard InChI is InChI=1S/C10H13O2/c1-3-9-5-4-6-10(7-9)12-8-11-2/h4,6-7H,3,8H2,1-2H3. The summed E-state index contributed by atoms with van der Waals surface area (Å²) in [4.78, 5) is 0. The quantitative estimate of drug-likeness (QED) is 0.635. The van der Waals surface area contributed by atoms with Gasteiger partial charge in [-0.05, 0) is 30.2 Å². The summed E-state index contributed by atoms with van der Waals surface area (Å²) in [5.74, 6) is 0.840. The van der Waals surface area contributed by atoms with Crippen molar-refractivity contribution in [3.63, 3.8) is 0 Å². The Bertz CT molecular complexity index is 233. The summed E-state index contributed by atoms with van der Waals surface area (Å²) in [6.07, 6.45) is 0.976. The van der Waals surface area contributed by atoms with Gasteiger partial charge in [0.15, 0.2) is 6.79 Å². The van der Waals surface area contributed by atoms with E-state index in [9.17, 15) is 0 Å². The Kier molecular flexibility index (Phi) is 3.61. The largest absolute Gasteiger partial charge is 0.468 e. The number of hydrogen-bond acceptors (Lipinski definition) is 2. The highest BCUT2D eigenvalue weighted by molar-refractivity contribution is 5.27. The zero-order valence-corrected chi connectivity index (χ0v) is 7.46. The molecule has 0 saturated heterocycles. The van der Waals surface area contributed by atoms with Gasteiger partial charge in [0, 0.05) is 7.11 Å². The second kappa shape index (κ2) is 4.78. The van der Waals surface area contributed by atoms with Gasteiger partial charge in [-0.3, -0.25) is 0 Å². The van der Waals surface area contributed by atoms with Crippen molar-refractivity contribution in [3.8, 4) is 5.75 Å². The van der Waals surface area contributed by atoms with E-state index < -0.39 is 0 Å². The Labute approximate surface area is 73.1 Å². The van der Waals surface area contributed by atoms with E-state index in [1.54, 1.807) is 7.11 Å². The molecule has 12 heavy (non-hydrogen) atoms. The molecule has 0 aliphatic carbocycles. The molecule has 0 atom stereocenters. The molecule has 65 valence electrons. The van der Waals surface area contributed by atoms with Gasteiger partial charge in [-0.25, -0.2) is 0 Å². The van der Waals surface area contributed by atoms with Gasteiger partial charge in [0.2, 0.25) is 0 Å². The van der Waals surface area contributed by atoms with Gasteiger partial charge in [0.05, 0.1) is 0 Å². The molecule has 2 heteroatoms. The normalized spacial score (nSPS) is 9.83. The minimum atomic E-state index is 0.299. The van der Waals surface area contributed by atoms with Crippen LogP contribution in [0.4, 0.5) is 0 Å². The van der Waals surface area contributed by atoms with Crippen LogP contribution in [0.25, 0.3) is 0 Å². The fourth-order valence-corrected chi connectivity index (χ4v) is 0.913. The third-order valence-corrected chi connectivity index (χ3v) is 1.56. The van der Waals surface area contributed by atoms with Crippen molar-refractivity contribution in [3.05, 3.63) is 29.8 Å². The predicted octanol–water partition coefficient (Wildman–Crippen LogP) is 2.03. The molecule has 1 aromatic carbocycles. The molecule has 2 nitrogen and oxygen atoms in total. The first-order valence-electron chi connectivity index (χ1n) is 3.99. The SMILES string of the molecule is CCc1[c]ccc(OCOC)c1. The average molecular weight is 165 g/mol. The number of benzene rings is 1. The van der Waals surface area contributed by atoms with Crippen molar-refractivity contribution < 1.29 is 9.47 Å². The number of methoxy groups -OCH3 is 1. The first kappa shape index (κ1) is 9.07. The van der Waals surface area contributed by atoms with E-state index in [0.717, 1.165) is 17.7 Å². The number of rotatable bonds is 4. The zero-order valence-electron chi connectivity index (χ0n) is 7.46. The van der Waals surface area contributed by atoms with Gasteiger partial charge in [0.1, 0.15) is 5.75 Å². The molecule has 0 spiro atoms. The lowest BCUT2D eigenvalue weighted by molar-refractivity contribution is 0.0511. The Hall–Kier alpha value is -1.02. The molecule has 0 aliphatic heterocycles. The van der Waals surface area contributed by atoms with E-state index in [1.807, 2.05) is 18.2 Å². The monoisotopic (exact) mass is 165 g/mol. The Balaban J connectivity index is 2.60. The molecule has 1 aromatic rings. The minimum Gasteiger partial charge on any atom is -0.468 e. The van der Waals surface area contributed by atoms with Gasteiger partial charge in [0.25, 0.3) is 0 Å². The topological polar surface area (TPSA) is 18.5 Å². The van der Waals surface area contributed by atoms with Crippen molar-refractivity contribution >= 4 is 0 Å². The molecule has 0 bridgehead atoms. The maximum Gasteiger partial charge on any atom is 0.188 e. The van der Waals surface area contributed by atoms with Crippen LogP contribution in [0.1, 0.15) is 12.5 Å². The second-order valence-electron chi connectivity index (χ2n) is 2.45. The summed E-state index contributed by atoms with van der Waals surface area (Å²) in [6.45, 7) is 2.39. The van der Waals surface area contributed by atoms with Gasteiger partial charge in [-0.15, -0.1) is 0 Å². The van der Waals surface area contributed by atoms with Crippen molar-refractivity contribution in [1.82, 2.24) is 0 Å². The molecule has 1 rings (SSSR count). The molecule has 0 heterocycles. The lowest BCUT2D eigenvalue weighted by Crippen LogP contribution is -1.98. The first-order chi connectivity index (χ1) is 5.86. The fourth-order valence-electron chi connectivity index (χ4n) is 0.913. The molecule has 0 aromatic heterocycles. The van der Waals surface area contributed by atoms with E-state index >= 15 is 0 Å². The van der Waals surface area contributed by atoms with Crippen molar-refractivity contribution in [2.45, 2.75) is 13.3 Å². The van der Waals surface area contributed by atoms with Crippen molar-refractivity contribution in [1.29, 1.82) is 0 Å². The average Bonchev–Trinajstić information content (AvgIpc) is 2.15. The minimum absolute atomic E-state index is 0.299. The molecular formula is C10H13O2. The predicted molar refractivity (Wildman–Crippen MR) is 47.2 cm³/mol. The smallest absolute Gasteiger partial charge is 0.188 e. The van der Waals surface area contributed by atoms with Crippen LogP contribution in [-0.2, 0) is 11.2 Å². The third-order valence-electron chi connectivity index (χ3n) is 1.56. The summed E-state index contributed by atoms with van der Waals surface area (Å²) in [7, 11) is 1.61. The molecule has 1 radical (unpaired) electrons. The van der Waals surface area contributed by atoms with Gasteiger partial charge in [-0.2, -0.15) is 0 Å². The highest BCUT2D eigenvalue weighted by atomic mass is 16.7. The third kappa shape index (κ3) is 2.55. The Morgan fingerprint density at radius 3 is 3.00 bits per heavy atom. The zero-order chi connectivity index (χ0) is 8.81. The van der Waals surface area contributed by atoms with Crippen molar-refractivity contribution in [2.75, 3.05) is 13.9 Å². The van der Waals surface area contributed by atoms with Gasteiger partial charge >= 0.3 is 0 Å². The lowest BCUT2D eigenvalue weighted by Gasteiger charge is -2.04. The van der Waals surface area contributed by atoms with E-state index in [1.165, 1.54) is 0 Å². The fraction of sp³-hybridized carbons (Fsp3) is 0.400. The van der Waals surface area contributed by atoms with Crippen LogP contribution in [0.15, 0.2) is 18.2 Å². The molecule has 0 fully saturated rings. The maximum absolute atomic E-state index is 5.26. The van der Waals surface area contributed by atoms with Crippen molar-refractivity contribution in [2.24, 2.45) is 0 Å². The molecule has 0 N–H and O–H groups in total. The summed E-state index contributed by atoms with van der Waals surface area (Å²) < 4.78 is 10.0. The Morgan fingerprint density at radius 1 is 1.50 bits per heavy atom. The molecule has 0 aliphatic rings. The maximum atomic E-state index is 5.26. The highest BCUT2D eigenvalue weighted by Gasteiger charge is 1.93. The van der Waals surface area contributed by atoms with E-state index in [2.05, 4.69) is 13.0 Å². The molecule has 0 unspecified atom stereocenters. The van der Waals surface area contributed by atoms with Crippen LogP contribution >= 0.6 is 0 Å². The summed E-state index contributed by atoms with van der Waals surface area (Å²) in [6, 6.07) is 8.82. The summed E-state index contributed by atoms with van der Waals surface area (Å²) in [5, 5.41) is 0. The van der Waals surface area contributed by atoms with Crippen LogP contribution in [0, 0.1) is 6.07 Å². The summed E-state index contributed by atoms with van der Waals surface area (Å²) >= 11 is 0. The lowest BCUT2D eigenvalue weighted by atomic mass is 10.2. The molecule has 0 saturated carbocycles. The van der Waals surface area contributed by atoms with E-state index in [-0.39, 0.29) is 0 Å². The highest BCUT2D eigenvalue weighted by Crippen LogP contribution is 2.12. The van der Waals surface area contributed by atoms with Crippen LogP contribution < -0.4 is 4.74 Å².